The number of carbonyl (C=O) groups is 1. The molecular formula is C24H29ClF3N3O3. The van der Waals surface area contributed by atoms with Crippen LogP contribution >= 0.6 is 11.6 Å². The van der Waals surface area contributed by atoms with Crippen LogP contribution in [0.4, 0.5) is 13.2 Å². The van der Waals surface area contributed by atoms with Crippen LogP contribution in [-0.2, 0) is 18.3 Å². The maximum atomic E-state index is 13.6. The van der Waals surface area contributed by atoms with E-state index >= 15 is 0 Å². The summed E-state index contributed by atoms with van der Waals surface area (Å²) in [6.07, 6.45) is -3.53. The molecule has 1 aromatic heterocycles. The van der Waals surface area contributed by atoms with Gasteiger partial charge < -0.3 is 18.9 Å². The number of likely N-dealkylation sites (N-methyl/N-ethyl adjacent to an activating group) is 1. The normalized spacial score (nSPS) is 18.3. The number of amides is 1. The van der Waals surface area contributed by atoms with Crippen molar-refractivity contribution in [3.8, 4) is 11.5 Å². The quantitative estimate of drug-likeness (QED) is 0.592. The van der Waals surface area contributed by atoms with E-state index in [-0.39, 0.29) is 23.6 Å². The zero-order valence-corrected chi connectivity index (χ0v) is 20.5. The van der Waals surface area contributed by atoms with Crippen LogP contribution < -0.4 is 9.47 Å². The van der Waals surface area contributed by atoms with Gasteiger partial charge in [-0.3, -0.25) is 9.69 Å². The highest BCUT2D eigenvalue weighted by molar-refractivity contribution is 6.31. The van der Waals surface area contributed by atoms with E-state index in [0.717, 1.165) is 6.07 Å². The van der Waals surface area contributed by atoms with E-state index in [1.807, 2.05) is 20.9 Å². The monoisotopic (exact) mass is 499 g/mol. The van der Waals surface area contributed by atoms with Gasteiger partial charge in [-0.25, -0.2) is 0 Å². The number of ether oxygens (including phenoxy) is 2. The fourth-order valence-corrected chi connectivity index (χ4v) is 5.52. The third kappa shape index (κ3) is 4.24. The molecule has 0 unspecified atom stereocenters. The lowest BCUT2D eigenvalue weighted by atomic mass is 9.81. The number of rotatable bonds is 4. The Bertz CT molecular complexity index is 1080. The molecule has 2 aliphatic heterocycles. The Kier molecular flexibility index (Phi) is 6.54. The van der Waals surface area contributed by atoms with Gasteiger partial charge in [0.15, 0.2) is 11.5 Å². The molecule has 1 aromatic carbocycles. The first kappa shape index (κ1) is 24.7. The predicted octanol–water partition coefficient (Wildman–Crippen LogP) is 5.03. The highest BCUT2D eigenvalue weighted by Gasteiger charge is 2.49. The number of likely N-dealkylation sites (tertiary alicyclic amines) is 1. The average Bonchev–Trinajstić information content (AvgIpc) is 3.14. The van der Waals surface area contributed by atoms with Gasteiger partial charge in [0.2, 0.25) is 0 Å². The summed E-state index contributed by atoms with van der Waals surface area (Å²) in [5, 5.41) is 0.129. The number of fused-ring (bicyclic) bond motifs is 2. The Morgan fingerprint density at radius 3 is 2.35 bits per heavy atom. The molecule has 0 aliphatic carbocycles. The summed E-state index contributed by atoms with van der Waals surface area (Å²) in [5.74, 6) is 0.885. The Labute approximate surface area is 202 Å². The maximum Gasteiger partial charge on any atom is 0.431 e. The number of hydrogen-bond acceptors (Lipinski definition) is 4. The molecule has 34 heavy (non-hydrogen) atoms. The fraction of sp³-hybridized carbons (Fsp3) is 0.542. The first-order chi connectivity index (χ1) is 16.0. The molecule has 10 heteroatoms. The third-order valence-electron chi connectivity index (χ3n) is 6.82. The highest BCUT2D eigenvalue weighted by Crippen LogP contribution is 2.47. The number of hydrogen-bond donors (Lipinski definition) is 0. The summed E-state index contributed by atoms with van der Waals surface area (Å²) < 4.78 is 53.2. The molecule has 0 bridgehead atoms. The van der Waals surface area contributed by atoms with Crippen molar-refractivity contribution < 1.29 is 27.4 Å². The van der Waals surface area contributed by atoms with Crippen molar-refractivity contribution in [3.05, 3.63) is 46.2 Å². The minimum atomic E-state index is -4.47. The summed E-state index contributed by atoms with van der Waals surface area (Å²) in [4.78, 5) is 17.1. The van der Waals surface area contributed by atoms with Crippen LogP contribution in [0.1, 0.15) is 48.4 Å². The predicted molar refractivity (Wildman–Crippen MR) is 123 cm³/mol. The Morgan fingerprint density at radius 1 is 1.09 bits per heavy atom. The van der Waals surface area contributed by atoms with Gasteiger partial charge in [-0.05, 0) is 58.0 Å². The lowest BCUT2D eigenvalue weighted by Gasteiger charge is -2.50. The summed E-state index contributed by atoms with van der Waals surface area (Å²) in [7, 11) is 3.43. The number of aromatic nitrogens is 1. The molecule has 0 radical (unpaired) electrons. The Morgan fingerprint density at radius 2 is 1.76 bits per heavy atom. The number of benzene rings is 1. The third-order valence-corrected chi connectivity index (χ3v) is 7.11. The number of methoxy groups -OCH3 is 1. The van der Waals surface area contributed by atoms with Gasteiger partial charge in [-0.2, -0.15) is 13.2 Å². The first-order valence-corrected chi connectivity index (χ1v) is 11.7. The Balaban J connectivity index is 1.57. The van der Waals surface area contributed by atoms with E-state index in [1.165, 1.54) is 11.7 Å². The minimum absolute atomic E-state index is 0.0372. The molecule has 1 fully saturated rings. The van der Waals surface area contributed by atoms with Crippen LogP contribution in [0.5, 0.6) is 11.5 Å². The van der Waals surface area contributed by atoms with Gasteiger partial charge in [0, 0.05) is 31.7 Å². The second kappa shape index (κ2) is 9.00. The van der Waals surface area contributed by atoms with E-state index in [1.54, 1.807) is 23.1 Å². The van der Waals surface area contributed by atoms with Crippen molar-refractivity contribution in [2.24, 2.45) is 0 Å². The molecule has 1 amide bonds. The van der Waals surface area contributed by atoms with Crippen LogP contribution in [0.15, 0.2) is 24.3 Å². The molecule has 2 aromatic rings. The summed E-state index contributed by atoms with van der Waals surface area (Å²) in [6, 6.07) is 6.12. The van der Waals surface area contributed by atoms with Crippen molar-refractivity contribution >= 4 is 17.5 Å². The van der Waals surface area contributed by atoms with Gasteiger partial charge in [-0.15, -0.1) is 0 Å². The fourth-order valence-electron chi connectivity index (χ4n) is 5.13. The number of halogens is 4. The van der Waals surface area contributed by atoms with E-state index in [2.05, 4.69) is 4.90 Å². The second-order valence-electron chi connectivity index (χ2n) is 9.15. The lowest BCUT2D eigenvalue weighted by molar-refractivity contribution is -0.144. The molecule has 186 valence electrons. The number of nitrogens with zero attached hydrogens (tertiary/aromatic N) is 3. The molecule has 0 atom stereocenters. The van der Waals surface area contributed by atoms with E-state index in [9.17, 15) is 18.0 Å². The molecule has 0 saturated carbocycles. The summed E-state index contributed by atoms with van der Waals surface area (Å²) in [6.45, 7) is 5.32. The topological polar surface area (TPSA) is 46.9 Å². The first-order valence-electron chi connectivity index (χ1n) is 11.3. The van der Waals surface area contributed by atoms with Crippen LogP contribution in [0.2, 0.25) is 5.02 Å². The van der Waals surface area contributed by atoms with Crippen LogP contribution in [0, 0.1) is 0 Å². The zero-order chi connectivity index (χ0) is 24.8. The highest BCUT2D eigenvalue weighted by atomic mass is 35.5. The number of piperidine rings is 1. The summed E-state index contributed by atoms with van der Waals surface area (Å²) >= 11 is 6.38. The van der Waals surface area contributed by atoms with Gasteiger partial charge in [0.05, 0.1) is 29.5 Å². The van der Waals surface area contributed by atoms with Crippen molar-refractivity contribution in [1.29, 1.82) is 0 Å². The molecule has 1 saturated heterocycles. The average molecular weight is 500 g/mol. The second-order valence-corrected chi connectivity index (χ2v) is 9.56. The smallest absolute Gasteiger partial charge is 0.431 e. The van der Waals surface area contributed by atoms with Crippen molar-refractivity contribution in [2.45, 2.75) is 51.1 Å². The largest absolute Gasteiger partial charge is 0.493 e. The van der Waals surface area contributed by atoms with Crippen LogP contribution in [0.25, 0.3) is 0 Å². The van der Waals surface area contributed by atoms with Crippen molar-refractivity contribution in [2.75, 3.05) is 33.8 Å². The SMILES string of the molecule is COc1cc(C(=O)N2CCC3(CC2)c2c(Cl)cc(C(F)(F)F)n2CCN3C)ccc1OC(C)C. The van der Waals surface area contributed by atoms with E-state index in [4.69, 9.17) is 21.1 Å². The lowest BCUT2D eigenvalue weighted by Crippen LogP contribution is -2.57. The Hall–Kier alpha value is -2.39. The summed E-state index contributed by atoms with van der Waals surface area (Å²) in [5.41, 5.74) is -0.391. The molecule has 2 aliphatic rings. The van der Waals surface area contributed by atoms with Gasteiger partial charge >= 0.3 is 6.18 Å². The molecular weight excluding hydrogens is 471 g/mol. The van der Waals surface area contributed by atoms with Gasteiger partial charge in [0.25, 0.3) is 5.91 Å². The maximum absolute atomic E-state index is 13.6. The van der Waals surface area contributed by atoms with Crippen molar-refractivity contribution in [1.82, 2.24) is 14.4 Å². The van der Waals surface area contributed by atoms with E-state index < -0.39 is 17.4 Å². The van der Waals surface area contributed by atoms with E-state index in [0.29, 0.717) is 55.2 Å². The molecule has 1 spiro atoms. The van der Waals surface area contributed by atoms with Gasteiger partial charge in [0.1, 0.15) is 5.69 Å². The molecule has 0 N–H and O–H groups in total. The van der Waals surface area contributed by atoms with Crippen LogP contribution in [0.3, 0.4) is 0 Å². The standard InChI is InChI=1S/C24H29ClF3N3O3/c1-15(2)34-18-6-5-16(13-19(18)33-4)22(32)30-9-7-23(8-10-30)21-17(25)14-20(24(26,27)28)31(21)12-11-29(23)3/h5-6,13-15H,7-12H2,1-4H3. The van der Waals surface area contributed by atoms with Crippen molar-refractivity contribution in [3.63, 3.8) is 0 Å². The number of alkyl halides is 3. The molecule has 3 heterocycles. The minimum Gasteiger partial charge on any atom is -0.493 e. The molecule has 6 nitrogen and oxygen atoms in total. The van der Waals surface area contributed by atoms with Gasteiger partial charge in [-0.1, -0.05) is 11.6 Å². The molecule has 4 rings (SSSR count). The zero-order valence-electron chi connectivity index (χ0n) is 19.7. The number of carbonyl (C=O) groups excluding carboxylic acids is 1. The van der Waals surface area contributed by atoms with Crippen LogP contribution in [-0.4, -0.2) is 60.2 Å².